The smallest absolute Gasteiger partial charge is 0.114 e. The molecule has 2 rings (SSSR count). The Labute approximate surface area is 133 Å². The van der Waals surface area contributed by atoms with Crippen LogP contribution in [0.15, 0.2) is 49.2 Å². The number of halogens is 1. The second kappa shape index (κ2) is 6.37. The maximum absolute atomic E-state index is 5.32. The molecule has 0 spiro atoms. The van der Waals surface area contributed by atoms with Crippen molar-refractivity contribution in [3.8, 4) is 0 Å². The van der Waals surface area contributed by atoms with E-state index in [2.05, 4.69) is 60.2 Å². The zero-order valence-corrected chi connectivity index (χ0v) is 14.7. The number of furan rings is 1. The Kier molecular flexibility index (Phi) is 4.99. The van der Waals surface area contributed by atoms with Crippen molar-refractivity contribution in [2.75, 3.05) is 0 Å². The first-order valence-electron chi connectivity index (χ1n) is 6.60. The Morgan fingerprint density at radius 2 is 2.00 bits per heavy atom. The molecule has 0 saturated heterocycles. The largest absolute Gasteiger partial charge is 0.468 e. The Morgan fingerprint density at radius 3 is 2.55 bits per heavy atom. The van der Waals surface area contributed by atoms with E-state index >= 15 is 0 Å². The lowest BCUT2D eigenvalue weighted by atomic mass is 10.1. The van der Waals surface area contributed by atoms with Gasteiger partial charge in [0.15, 0.2) is 0 Å². The minimum Gasteiger partial charge on any atom is -0.468 e. The molecule has 4 heteroatoms. The number of rotatable bonds is 4. The van der Waals surface area contributed by atoms with Gasteiger partial charge in [-0.25, -0.2) is 0 Å². The van der Waals surface area contributed by atoms with Crippen LogP contribution in [0.4, 0.5) is 0 Å². The summed E-state index contributed by atoms with van der Waals surface area (Å²) in [4.78, 5) is 2.37. The highest BCUT2D eigenvalue weighted by molar-refractivity contribution is 9.10. The lowest BCUT2D eigenvalue weighted by molar-refractivity contribution is 0.424. The van der Waals surface area contributed by atoms with Crippen LogP contribution >= 0.6 is 27.7 Å². The summed E-state index contributed by atoms with van der Waals surface area (Å²) in [5, 5.41) is 3.50. The van der Waals surface area contributed by atoms with Gasteiger partial charge in [-0.05, 0) is 51.5 Å². The normalized spacial score (nSPS) is 11.8. The summed E-state index contributed by atoms with van der Waals surface area (Å²) in [5.41, 5.74) is 1.40. The maximum atomic E-state index is 5.32. The first-order chi connectivity index (χ1) is 9.35. The van der Waals surface area contributed by atoms with E-state index in [1.54, 1.807) is 18.0 Å². The van der Waals surface area contributed by atoms with Crippen LogP contribution in [0.25, 0.3) is 0 Å². The van der Waals surface area contributed by atoms with Crippen LogP contribution in [0.5, 0.6) is 0 Å². The van der Waals surface area contributed by atoms with Crippen molar-refractivity contribution in [2.45, 2.75) is 49.6 Å². The molecule has 0 aliphatic heterocycles. The van der Waals surface area contributed by atoms with Crippen molar-refractivity contribution >= 4 is 27.7 Å². The van der Waals surface area contributed by atoms with Crippen LogP contribution in [0.2, 0.25) is 0 Å². The third-order valence-electron chi connectivity index (χ3n) is 2.87. The average Bonchev–Trinajstić information content (AvgIpc) is 2.73. The fourth-order valence-corrected chi connectivity index (χ4v) is 3.25. The van der Waals surface area contributed by atoms with Gasteiger partial charge in [-0.15, -0.1) is 0 Å². The number of hydrogen-bond acceptors (Lipinski definition) is 3. The van der Waals surface area contributed by atoms with Crippen LogP contribution in [0.1, 0.15) is 32.1 Å². The molecule has 1 N–H and O–H groups in total. The fraction of sp³-hybridized carbons (Fsp3) is 0.375. The first-order valence-corrected chi connectivity index (χ1v) is 8.21. The molecule has 0 aliphatic carbocycles. The molecule has 0 radical (unpaired) electrons. The highest BCUT2D eigenvalue weighted by atomic mass is 79.9. The first kappa shape index (κ1) is 15.7. The molecule has 0 bridgehead atoms. The van der Waals surface area contributed by atoms with Crippen molar-refractivity contribution in [1.82, 2.24) is 5.32 Å². The zero-order valence-electron chi connectivity index (χ0n) is 12.3. The van der Waals surface area contributed by atoms with Crippen LogP contribution in [0, 0.1) is 6.92 Å². The Bertz CT molecular complexity index is 586. The molecule has 0 saturated carbocycles. The van der Waals surface area contributed by atoms with Gasteiger partial charge in [0.25, 0.3) is 0 Å². The van der Waals surface area contributed by atoms with Crippen molar-refractivity contribution in [3.05, 3.63) is 46.3 Å². The molecule has 1 aromatic carbocycles. The number of nitrogens with one attached hydrogen (secondary N) is 1. The van der Waals surface area contributed by atoms with Crippen molar-refractivity contribution in [1.29, 1.82) is 0 Å². The van der Waals surface area contributed by atoms with E-state index in [-0.39, 0.29) is 5.54 Å². The molecule has 1 heterocycles. The molecule has 0 amide bonds. The van der Waals surface area contributed by atoms with E-state index in [0.717, 1.165) is 21.7 Å². The molecule has 108 valence electrons. The predicted octanol–water partition coefficient (Wildman–Crippen LogP) is 5.39. The highest BCUT2D eigenvalue weighted by Crippen LogP contribution is 2.33. The Morgan fingerprint density at radius 1 is 1.25 bits per heavy atom. The summed E-state index contributed by atoms with van der Waals surface area (Å²) in [5.74, 6) is 0.963. The standard InChI is InChI=1S/C16H20BrNOS/c1-11-15(7-8-19-11)20-13-6-5-12(14(17)9-13)10-18-16(2,3)4/h5-9,18H,10H2,1-4H3. The monoisotopic (exact) mass is 353 g/mol. The number of benzene rings is 1. The zero-order chi connectivity index (χ0) is 14.8. The molecule has 0 aliphatic rings. The molecule has 20 heavy (non-hydrogen) atoms. The molecule has 0 unspecified atom stereocenters. The van der Waals surface area contributed by atoms with Gasteiger partial charge >= 0.3 is 0 Å². The average molecular weight is 354 g/mol. The van der Waals surface area contributed by atoms with Gasteiger partial charge < -0.3 is 9.73 Å². The second-order valence-corrected chi connectivity index (χ2v) is 7.77. The molecule has 2 nitrogen and oxygen atoms in total. The van der Waals surface area contributed by atoms with Gasteiger partial charge in [-0.3, -0.25) is 0 Å². The molecule has 0 fully saturated rings. The van der Waals surface area contributed by atoms with Crippen molar-refractivity contribution in [3.63, 3.8) is 0 Å². The third kappa shape index (κ3) is 4.40. The Hall–Kier alpha value is -0.710. The quantitative estimate of drug-likeness (QED) is 0.797. The van der Waals surface area contributed by atoms with E-state index in [0.29, 0.717) is 0 Å². The van der Waals surface area contributed by atoms with Gasteiger partial charge in [0.2, 0.25) is 0 Å². The van der Waals surface area contributed by atoms with E-state index in [9.17, 15) is 0 Å². The summed E-state index contributed by atoms with van der Waals surface area (Å²) in [6.07, 6.45) is 1.73. The molecular formula is C16H20BrNOS. The van der Waals surface area contributed by atoms with Gasteiger partial charge in [-0.1, -0.05) is 33.8 Å². The van der Waals surface area contributed by atoms with Crippen LogP contribution in [-0.2, 0) is 6.54 Å². The molecular weight excluding hydrogens is 334 g/mol. The third-order valence-corrected chi connectivity index (χ3v) is 4.74. The van der Waals surface area contributed by atoms with Crippen LogP contribution in [0.3, 0.4) is 0 Å². The van der Waals surface area contributed by atoms with E-state index in [4.69, 9.17) is 4.42 Å². The van der Waals surface area contributed by atoms with E-state index in [1.165, 1.54) is 10.5 Å². The predicted molar refractivity (Wildman–Crippen MR) is 88.3 cm³/mol. The van der Waals surface area contributed by atoms with Gasteiger partial charge in [0, 0.05) is 21.5 Å². The molecule has 0 atom stereocenters. The summed E-state index contributed by atoms with van der Waals surface area (Å²) < 4.78 is 6.46. The van der Waals surface area contributed by atoms with E-state index in [1.807, 2.05) is 13.0 Å². The van der Waals surface area contributed by atoms with Gasteiger partial charge in [0.1, 0.15) is 5.76 Å². The fourth-order valence-electron chi connectivity index (χ4n) is 1.70. The van der Waals surface area contributed by atoms with E-state index < -0.39 is 0 Å². The maximum Gasteiger partial charge on any atom is 0.114 e. The summed E-state index contributed by atoms with van der Waals surface area (Å²) in [6, 6.07) is 8.49. The van der Waals surface area contributed by atoms with Gasteiger partial charge in [0.05, 0.1) is 11.2 Å². The lowest BCUT2D eigenvalue weighted by Crippen LogP contribution is -2.35. The summed E-state index contributed by atoms with van der Waals surface area (Å²) in [7, 11) is 0. The molecule has 2 aromatic rings. The highest BCUT2D eigenvalue weighted by Gasteiger charge is 2.11. The van der Waals surface area contributed by atoms with Crippen LogP contribution in [-0.4, -0.2) is 5.54 Å². The van der Waals surface area contributed by atoms with Crippen LogP contribution < -0.4 is 5.32 Å². The second-order valence-electron chi connectivity index (χ2n) is 5.80. The van der Waals surface area contributed by atoms with Crippen molar-refractivity contribution < 1.29 is 4.42 Å². The summed E-state index contributed by atoms with van der Waals surface area (Å²) in [6.45, 7) is 9.37. The minimum atomic E-state index is 0.126. The topological polar surface area (TPSA) is 25.2 Å². The van der Waals surface area contributed by atoms with Crippen molar-refractivity contribution in [2.24, 2.45) is 0 Å². The molecule has 1 aromatic heterocycles. The Balaban J connectivity index is 2.08. The minimum absolute atomic E-state index is 0.126. The lowest BCUT2D eigenvalue weighted by Gasteiger charge is -2.21. The number of aryl methyl sites for hydroxylation is 1. The number of hydrogen-bond donors (Lipinski definition) is 1. The summed E-state index contributed by atoms with van der Waals surface area (Å²) >= 11 is 5.38. The van der Waals surface area contributed by atoms with Gasteiger partial charge in [-0.2, -0.15) is 0 Å². The SMILES string of the molecule is Cc1occc1Sc1ccc(CNC(C)(C)C)c(Br)c1.